The molecule has 320 valence electrons. The Labute approximate surface area is 382 Å². The van der Waals surface area contributed by atoms with Crippen molar-refractivity contribution in [2.45, 2.75) is 76.3 Å². The monoisotopic (exact) mass is 846 g/mol. The highest BCUT2D eigenvalue weighted by atomic mass is 16.5. The van der Waals surface area contributed by atoms with Crippen LogP contribution in [0.4, 0.5) is 0 Å². The highest BCUT2D eigenvalue weighted by Crippen LogP contribution is 2.64. The van der Waals surface area contributed by atoms with Crippen molar-refractivity contribution in [3.8, 4) is 28.3 Å². The molecule has 0 saturated carbocycles. The quantitative estimate of drug-likeness (QED) is 0.165. The minimum atomic E-state index is -0.626. The molecule has 2 atom stereocenters. The van der Waals surface area contributed by atoms with E-state index < -0.39 is 5.41 Å². The summed E-state index contributed by atoms with van der Waals surface area (Å²) in [6.45, 7) is 14.0. The number of para-hydroxylation sites is 3. The van der Waals surface area contributed by atoms with Crippen LogP contribution in [0.15, 0.2) is 182 Å². The third-order valence-corrected chi connectivity index (χ3v) is 14.3. The van der Waals surface area contributed by atoms with E-state index in [4.69, 9.17) is 4.74 Å². The third-order valence-electron chi connectivity index (χ3n) is 14.3. The molecular formula is C60H54N4O. The number of rotatable bonds is 4. The molecule has 2 aliphatic heterocycles. The molecule has 9 aromatic rings. The van der Waals surface area contributed by atoms with Crippen LogP contribution in [0.3, 0.4) is 0 Å². The van der Waals surface area contributed by atoms with E-state index in [-0.39, 0.29) is 29.3 Å². The van der Waals surface area contributed by atoms with Crippen LogP contribution in [-0.2, 0) is 16.2 Å². The average Bonchev–Trinajstić information content (AvgIpc) is 3.82. The topological polar surface area (TPSA) is 50.2 Å². The van der Waals surface area contributed by atoms with Crippen LogP contribution in [0.25, 0.3) is 38.6 Å². The summed E-state index contributed by atoms with van der Waals surface area (Å²) in [5, 5.41) is 14.4. The summed E-state index contributed by atoms with van der Waals surface area (Å²) < 4.78 is 9.40. The van der Waals surface area contributed by atoms with E-state index in [1.165, 1.54) is 88.7 Å². The van der Waals surface area contributed by atoms with Crippen LogP contribution < -0.4 is 20.7 Å². The van der Waals surface area contributed by atoms with Gasteiger partial charge in [0.05, 0.1) is 40.6 Å². The van der Waals surface area contributed by atoms with Gasteiger partial charge in [0, 0.05) is 27.5 Å². The Kier molecular flexibility index (Phi) is 8.96. The van der Waals surface area contributed by atoms with E-state index in [9.17, 15) is 0 Å². The fourth-order valence-electron chi connectivity index (χ4n) is 11.1. The van der Waals surface area contributed by atoms with Gasteiger partial charge in [0.2, 0.25) is 0 Å². The lowest BCUT2D eigenvalue weighted by Crippen LogP contribution is -2.54. The molecule has 0 bridgehead atoms. The Hall–Kier alpha value is -6.76. The smallest absolute Gasteiger partial charge is 0.132 e. The van der Waals surface area contributed by atoms with Gasteiger partial charge in [0.25, 0.3) is 0 Å². The van der Waals surface area contributed by atoms with Gasteiger partial charge in [0.15, 0.2) is 0 Å². The van der Waals surface area contributed by atoms with Crippen LogP contribution in [0, 0.1) is 0 Å². The van der Waals surface area contributed by atoms with Gasteiger partial charge >= 0.3 is 0 Å². The first kappa shape index (κ1) is 39.8. The van der Waals surface area contributed by atoms with Crippen LogP contribution in [0.5, 0.6) is 11.5 Å². The van der Waals surface area contributed by atoms with Gasteiger partial charge in [-0.05, 0) is 85.7 Å². The van der Waals surface area contributed by atoms with Gasteiger partial charge in [-0.2, -0.15) is 0 Å². The number of aromatic nitrogens is 1. The summed E-state index contributed by atoms with van der Waals surface area (Å²) in [7, 11) is 0. The first-order chi connectivity index (χ1) is 31.5. The second-order valence-corrected chi connectivity index (χ2v) is 20.2. The Morgan fingerprint density at radius 2 is 1.00 bits per heavy atom. The number of hydrogen-bond donors (Lipinski definition) is 3. The second kappa shape index (κ2) is 14.6. The highest BCUT2D eigenvalue weighted by Gasteiger charge is 2.52. The van der Waals surface area contributed by atoms with Crippen molar-refractivity contribution in [1.82, 2.24) is 20.5 Å². The maximum atomic E-state index is 6.83. The van der Waals surface area contributed by atoms with Gasteiger partial charge in [0.1, 0.15) is 11.5 Å². The van der Waals surface area contributed by atoms with Gasteiger partial charge in [-0.15, -0.1) is 0 Å². The van der Waals surface area contributed by atoms with Crippen molar-refractivity contribution >= 4 is 21.8 Å². The predicted molar refractivity (Wildman–Crippen MR) is 266 cm³/mol. The number of fused-ring (bicyclic) bond motifs is 12. The number of nitrogens with zero attached hydrogens (tertiary/aromatic N) is 1. The van der Waals surface area contributed by atoms with Crippen molar-refractivity contribution in [1.29, 1.82) is 0 Å². The molecule has 0 radical (unpaired) electrons. The summed E-state index contributed by atoms with van der Waals surface area (Å²) in [5.74, 6) is 1.81. The van der Waals surface area contributed by atoms with Crippen LogP contribution >= 0.6 is 0 Å². The first-order valence-electron chi connectivity index (χ1n) is 23.1. The molecule has 1 fully saturated rings. The van der Waals surface area contributed by atoms with E-state index in [1.54, 1.807) is 0 Å². The molecule has 3 N–H and O–H groups in total. The Balaban J connectivity index is 1.16. The van der Waals surface area contributed by atoms with Crippen LogP contribution in [-0.4, -0.2) is 4.57 Å². The van der Waals surface area contributed by atoms with Gasteiger partial charge in [-0.3, -0.25) is 16.0 Å². The first-order valence-corrected chi connectivity index (χ1v) is 23.1. The lowest BCUT2D eigenvalue weighted by atomic mass is 9.65. The maximum absolute atomic E-state index is 6.83. The molecule has 5 nitrogen and oxygen atoms in total. The molecule has 3 aliphatic rings. The zero-order chi connectivity index (χ0) is 44.2. The van der Waals surface area contributed by atoms with Crippen molar-refractivity contribution in [2.24, 2.45) is 0 Å². The lowest BCUT2D eigenvalue weighted by Gasteiger charge is -2.40. The lowest BCUT2D eigenvalue weighted by molar-refractivity contribution is 0.204. The van der Waals surface area contributed by atoms with Gasteiger partial charge in [-0.1, -0.05) is 193 Å². The van der Waals surface area contributed by atoms with E-state index in [0.29, 0.717) is 0 Å². The molecule has 2 unspecified atom stereocenters. The molecule has 1 spiro atoms. The number of hydrogen-bond acceptors (Lipinski definition) is 4. The van der Waals surface area contributed by atoms with Gasteiger partial charge in [-0.25, -0.2) is 0 Å². The molecule has 8 aromatic carbocycles. The predicted octanol–water partition coefficient (Wildman–Crippen LogP) is 14.0. The molecule has 1 aromatic heterocycles. The number of ether oxygens (including phenoxy) is 1. The maximum Gasteiger partial charge on any atom is 0.132 e. The standard InChI is InChI=1S/C60H54N4O/c1-58(2,3)39-32-33-41-46(34-39)60(44-26-14-17-30-51(44)65-52-31-18-15-27-45(52)60)47-35-40(59(4,5)6)36-50(54(41)47)64-48-28-16-13-24-42(48)53-43(25-19-29-49(53)64)57-62-55(37-20-9-7-10-21-37)61-56(63-57)38-22-11-8-12-23-38/h7-36,55-57,61-63H,1-6H3. The average molecular weight is 847 g/mol. The van der Waals surface area contributed by atoms with Gasteiger partial charge < -0.3 is 9.30 Å². The normalized spacial score (nSPS) is 18.5. The highest BCUT2D eigenvalue weighted by molar-refractivity contribution is 6.12. The summed E-state index contributed by atoms with van der Waals surface area (Å²) in [6.07, 6.45) is -0.339. The fraction of sp³-hybridized carbons (Fsp3) is 0.200. The zero-order valence-corrected chi connectivity index (χ0v) is 37.9. The molecule has 5 heteroatoms. The molecule has 65 heavy (non-hydrogen) atoms. The summed E-state index contributed by atoms with van der Waals surface area (Å²) in [5.41, 5.74) is 16.4. The molecule has 1 saturated heterocycles. The number of nitrogens with one attached hydrogen (secondary N) is 3. The fourth-order valence-corrected chi connectivity index (χ4v) is 11.1. The minimum Gasteiger partial charge on any atom is -0.457 e. The zero-order valence-electron chi connectivity index (χ0n) is 37.9. The Morgan fingerprint density at radius 1 is 0.462 bits per heavy atom. The minimum absolute atomic E-state index is 0.0619. The summed E-state index contributed by atoms with van der Waals surface area (Å²) in [6, 6.07) is 67.1. The molecule has 1 aliphatic carbocycles. The van der Waals surface area contributed by atoms with Crippen molar-refractivity contribution in [2.75, 3.05) is 0 Å². The SMILES string of the molecule is CC(C)(C)c1ccc2c(c1)C1(c3ccccc3Oc3ccccc31)c1cc(C(C)(C)C)cc(-n3c4ccccc4c4c(C5NC(c6ccccc6)NC(c6ccccc6)N5)cccc43)c1-2. The largest absolute Gasteiger partial charge is 0.457 e. The van der Waals surface area contributed by atoms with E-state index >= 15 is 0 Å². The summed E-state index contributed by atoms with van der Waals surface area (Å²) in [4.78, 5) is 0. The van der Waals surface area contributed by atoms with Crippen molar-refractivity contribution in [3.05, 3.63) is 232 Å². The number of benzene rings is 8. The Morgan fingerprint density at radius 3 is 1.63 bits per heavy atom. The van der Waals surface area contributed by atoms with Crippen molar-refractivity contribution in [3.63, 3.8) is 0 Å². The Bertz CT molecular complexity index is 3220. The van der Waals surface area contributed by atoms with E-state index in [0.717, 1.165) is 11.5 Å². The van der Waals surface area contributed by atoms with E-state index in [2.05, 4.69) is 244 Å². The third kappa shape index (κ3) is 6.10. The van der Waals surface area contributed by atoms with E-state index in [1.807, 2.05) is 0 Å². The van der Waals surface area contributed by atoms with Crippen LogP contribution in [0.1, 0.15) is 110 Å². The summed E-state index contributed by atoms with van der Waals surface area (Å²) >= 11 is 0. The van der Waals surface area contributed by atoms with Crippen molar-refractivity contribution < 1.29 is 4.74 Å². The second-order valence-electron chi connectivity index (χ2n) is 20.2. The molecular weight excluding hydrogens is 793 g/mol. The van der Waals surface area contributed by atoms with Crippen LogP contribution in [0.2, 0.25) is 0 Å². The molecule has 3 heterocycles. The molecule has 12 rings (SSSR count). The molecule has 0 amide bonds.